The number of carbonyl (C=O) groups excluding carboxylic acids is 1. The fourth-order valence-corrected chi connectivity index (χ4v) is 2.40. The van der Waals surface area contributed by atoms with Crippen molar-refractivity contribution < 1.29 is 4.79 Å². The average Bonchev–Trinajstić information content (AvgIpc) is 2.30. The lowest BCUT2D eigenvalue weighted by Gasteiger charge is -2.32. The van der Waals surface area contributed by atoms with Gasteiger partial charge in [0.05, 0.1) is 6.04 Å². The van der Waals surface area contributed by atoms with E-state index in [1.54, 1.807) is 0 Å². The molecule has 0 spiro atoms. The number of nitrogens with one attached hydrogen (secondary N) is 1. The summed E-state index contributed by atoms with van der Waals surface area (Å²) >= 11 is 0. The zero-order valence-corrected chi connectivity index (χ0v) is 10.0. The standard InChI is InChI=1S/C11H20N2O.ClH/c14-11(10-6-2-3-7-12-10)13-8-4-1-5-9-13;/h10,12H,1-9H2;1H. The Bertz CT molecular complexity index is 179. The number of hydrogen-bond acceptors (Lipinski definition) is 2. The molecule has 1 atom stereocenters. The molecule has 2 aliphatic rings. The summed E-state index contributed by atoms with van der Waals surface area (Å²) in [6, 6.07) is 0.127. The fraction of sp³-hybridized carbons (Fsp3) is 0.909. The van der Waals surface area contributed by atoms with E-state index in [1.807, 2.05) is 4.90 Å². The quantitative estimate of drug-likeness (QED) is 0.744. The molecule has 3 nitrogen and oxygen atoms in total. The number of piperidine rings is 2. The number of rotatable bonds is 1. The Labute approximate surface area is 98.0 Å². The van der Waals surface area contributed by atoms with Crippen molar-refractivity contribution in [2.75, 3.05) is 19.6 Å². The van der Waals surface area contributed by atoms with E-state index in [9.17, 15) is 4.79 Å². The minimum absolute atomic E-state index is 0. The molecule has 4 heteroatoms. The molecule has 0 aromatic heterocycles. The molecule has 0 saturated carbocycles. The summed E-state index contributed by atoms with van der Waals surface area (Å²) < 4.78 is 0. The molecular formula is C11H21ClN2O. The molecule has 2 fully saturated rings. The molecule has 15 heavy (non-hydrogen) atoms. The third kappa shape index (κ3) is 3.35. The number of amides is 1. The van der Waals surface area contributed by atoms with E-state index in [0.717, 1.165) is 26.1 Å². The van der Waals surface area contributed by atoms with Crippen molar-refractivity contribution >= 4 is 18.3 Å². The number of carbonyl (C=O) groups is 1. The van der Waals surface area contributed by atoms with Gasteiger partial charge in [-0.05, 0) is 38.6 Å². The third-order valence-corrected chi connectivity index (χ3v) is 3.28. The highest BCUT2D eigenvalue weighted by atomic mass is 35.5. The lowest BCUT2D eigenvalue weighted by atomic mass is 10.0. The second-order valence-corrected chi connectivity index (χ2v) is 4.39. The van der Waals surface area contributed by atoms with Gasteiger partial charge < -0.3 is 10.2 Å². The maximum absolute atomic E-state index is 12.0. The van der Waals surface area contributed by atoms with Crippen LogP contribution in [0.2, 0.25) is 0 Å². The average molecular weight is 233 g/mol. The highest BCUT2D eigenvalue weighted by Crippen LogP contribution is 2.14. The first kappa shape index (κ1) is 12.8. The van der Waals surface area contributed by atoms with Crippen LogP contribution in [0.25, 0.3) is 0 Å². The molecule has 0 aromatic rings. The van der Waals surface area contributed by atoms with Gasteiger partial charge in [-0.3, -0.25) is 4.79 Å². The van der Waals surface area contributed by atoms with Gasteiger partial charge in [-0.15, -0.1) is 12.4 Å². The zero-order chi connectivity index (χ0) is 9.80. The summed E-state index contributed by atoms with van der Waals surface area (Å²) in [5.74, 6) is 0.351. The van der Waals surface area contributed by atoms with Crippen LogP contribution in [-0.4, -0.2) is 36.5 Å². The van der Waals surface area contributed by atoms with Gasteiger partial charge in [-0.2, -0.15) is 0 Å². The maximum Gasteiger partial charge on any atom is 0.239 e. The fourth-order valence-electron chi connectivity index (χ4n) is 2.40. The van der Waals surface area contributed by atoms with Gasteiger partial charge in [0.1, 0.15) is 0 Å². The van der Waals surface area contributed by atoms with Crippen LogP contribution in [-0.2, 0) is 4.79 Å². The van der Waals surface area contributed by atoms with Gasteiger partial charge in [0, 0.05) is 13.1 Å². The van der Waals surface area contributed by atoms with E-state index in [0.29, 0.717) is 5.91 Å². The van der Waals surface area contributed by atoms with Crippen LogP contribution in [0.15, 0.2) is 0 Å². The largest absolute Gasteiger partial charge is 0.341 e. The van der Waals surface area contributed by atoms with E-state index in [4.69, 9.17) is 0 Å². The lowest BCUT2D eigenvalue weighted by Crippen LogP contribution is -2.49. The second-order valence-electron chi connectivity index (χ2n) is 4.39. The van der Waals surface area contributed by atoms with Gasteiger partial charge in [-0.25, -0.2) is 0 Å². The van der Waals surface area contributed by atoms with Gasteiger partial charge in [0.25, 0.3) is 0 Å². The highest BCUT2D eigenvalue weighted by molar-refractivity contribution is 5.85. The molecule has 1 N–H and O–H groups in total. The second kappa shape index (κ2) is 6.33. The van der Waals surface area contributed by atoms with Crippen LogP contribution < -0.4 is 5.32 Å². The summed E-state index contributed by atoms with van der Waals surface area (Å²) in [6.07, 6.45) is 7.15. The van der Waals surface area contributed by atoms with Gasteiger partial charge in [-0.1, -0.05) is 6.42 Å². The summed E-state index contributed by atoms with van der Waals surface area (Å²) in [5.41, 5.74) is 0. The Kier molecular flexibility index (Phi) is 5.40. The zero-order valence-electron chi connectivity index (χ0n) is 9.21. The molecule has 0 radical (unpaired) electrons. The number of hydrogen-bond donors (Lipinski definition) is 1. The van der Waals surface area contributed by atoms with Crippen molar-refractivity contribution in [1.29, 1.82) is 0 Å². The molecule has 0 bridgehead atoms. The molecule has 2 heterocycles. The van der Waals surface area contributed by atoms with Crippen LogP contribution in [0.1, 0.15) is 38.5 Å². The molecular weight excluding hydrogens is 212 g/mol. The van der Waals surface area contributed by atoms with E-state index in [2.05, 4.69) is 5.32 Å². The van der Waals surface area contributed by atoms with E-state index in [1.165, 1.54) is 32.1 Å². The lowest BCUT2D eigenvalue weighted by molar-refractivity contribution is -0.134. The van der Waals surface area contributed by atoms with E-state index in [-0.39, 0.29) is 18.4 Å². The normalized spacial score (nSPS) is 26.9. The van der Waals surface area contributed by atoms with E-state index < -0.39 is 0 Å². The molecule has 0 aliphatic carbocycles. The molecule has 88 valence electrons. The van der Waals surface area contributed by atoms with Crippen molar-refractivity contribution in [3.05, 3.63) is 0 Å². The first-order chi connectivity index (χ1) is 6.88. The van der Waals surface area contributed by atoms with Gasteiger partial charge >= 0.3 is 0 Å². The smallest absolute Gasteiger partial charge is 0.239 e. The molecule has 2 aliphatic heterocycles. The number of halogens is 1. The van der Waals surface area contributed by atoms with Crippen molar-refractivity contribution in [2.24, 2.45) is 0 Å². The topological polar surface area (TPSA) is 32.3 Å². The van der Waals surface area contributed by atoms with Crippen molar-refractivity contribution in [3.63, 3.8) is 0 Å². The van der Waals surface area contributed by atoms with Crippen LogP contribution in [0.5, 0.6) is 0 Å². The van der Waals surface area contributed by atoms with Gasteiger partial charge in [0.15, 0.2) is 0 Å². The minimum atomic E-state index is 0. The monoisotopic (exact) mass is 232 g/mol. The van der Waals surface area contributed by atoms with Crippen LogP contribution >= 0.6 is 12.4 Å². The molecule has 1 unspecified atom stereocenters. The Morgan fingerprint density at radius 3 is 2.40 bits per heavy atom. The highest BCUT2D eigenvalue weighted by Gasteiger charge is 2.26. The number of nitrogens with zero attached hydrogens (tertiary/aromatic N) is 1. The number of likely N-dealkylation sites (tertiary alicyclic amines) is 1. The minimum Gasteiger partial charge on any atom is -0.341 e. The first-order valence-corrected chi connectivity index (χ1v) is 5.90. The SMILES string of the molecule is Cl.O=C(C1CCCCN1)N1CCCCC1. The molecule has 2 saturated heterocycles. The van der Waals surface area contributed by atoms with Crippen molar-refractivity contribution in [1.82, 2.24) is 10.2 Å². The van der Waals surface area contributed by atoms with Crippen LogP contribution in [0.3, 0.4) is 0 Å². The predicted molar refractivity (Wildman–Crippen MR) is 63.3 cm³/mol. The Morgan fingerprint density at radius 2 is 1.80 bits per heavy atom. The molecule has 2 rings (SSSR count). The summed E-state index contributed by atoms with van der Waals surface area (Å²) in [6.45, 7) is 2.98. The maximum atomic E-state index is 12.0. The van der Waals surface area contributed by atoms with Crippen LogP contribution in [0, 0.1) is 0 Å². The predicted octanol–water partition coefficient (Wildman–Crippen LogP) is 1.56. The van der Waals surface area contributed by atoms with Crippen LogP contribution in [0.4, 0.5) is 0 Å². The summed E-state index contributed by atoms with van der Waals surface area (Å²) in [7, 11) is 0. The third-order valence-electron chi connectivity index (χ3n) is 3.28. The first-order valence-electron chi connectivity index (χ1n) is 5.90. The Morgan fingerprint density at radius 1 is 1.07 bits per heavy atom. The molecule has 1 amide bonds. The summed E-state index contributed by atoms with van der Waals surface area (Å²) in [5, 5.41) is 3.32. The van der Waals surface area contributed by atoms with E-state index >= 15 is 0 Å². The summed E-state index contributed by atoms with van der Waals surface area (Å²) in [4.78, 5) is 14.1. The Balaban J connectivity index is 0.00000112. The van der Waals surface area contributed by atoms with Crippen molar-refractivity contribution in [2.45, 2.75) is 44.6 Å². The van der Waals surface area contributed by atoms with Crippen molar-refractivity contribution in [3.8, 4) is 0 Å². The molecule has 0 aromatic carbocycles. The van der Waals surface area contributed by atoms with Gasteiger partial charge in [0.2, 0.25) is 5.91 Å². The Hall–Kier alpha value is -0.280.